The van der Waals surface area contributed by atoms with Gasteiger partial charge in [0.2, 0.25) is 5.28 Å². The van der Waals surface area contributed by atoms with Crippen molar-refractivity contribution in [2.45, 2.75) is 89.5 Å². The predicted molar refractivity (Wildman–Crippen MR) is 182 cm³/mol. The lowest BCUT2D eigenvalue weighted by Gasteiger charge is -2.29. The molecule has 47 heavy (non-hydrogen) atoms. The van der Waals surface area contributed by atoms with Crippen molar-refractivity contribution in [2.75, 3.05) is 71.7 Å². The van der Waals surface area contributed by atoms with Crippen molar-refractivity contribution < 1.29 is 34.3 Å². The number of ether oxygens (including phenoxy) is 3. The average molecular weight is 683 g/mol. The molecule has 14 heteroatoms. The van der Waals surface area contributed by atoms with Crippen molar-refractivity contribution >= 4 is 34.7 Å². The summed E-state index contributed by atoms with van der Waals surface area (Å²) in [5.74, 6) is 2.04. The Balaban J connectivity index is 0.000000304. The molecule has 2 unspecified atom stereocenters. The van der Waals surface area contributed by atoms with E-state index in [1.807, 2.05) is 10.9 Å². The van der Waals surface area contributed by atoms with Crippen molar-refractivity contribution in [3.63, 3.8) is 0 Å². The molecule has 4 N–H and O–H groups in total. The number of likely N-dealkylation sites (tertiary alicyclic amines) is 1. The second-order valence-electron chi connectivity index (χ2n) is 12.4. The second-order valence-corrected chi connectivity index (χ2v) is 12.7. The number of halogens is 1. The van der Waals surface area contributed by atoms with Crippen LogP contribution in [0.5, 0.6) is 0 Å². The van der Waals surface area contributed by atoms with Gasteiger partial charge in [-0.2, -0.15) is 15.1 Å². The number of unbranched alkanes of at least 4 members (excludes halogenated alkanes) is 2. The number of hydrogen-bond donors (Lipinski definition) is 4. The first-order chi connectivity index (χ1) is 22.5. The third-order valence-corrected chi connectivity index (χ3v) is 7.79. The summed E-state index contributed by atoms with van der Waals surface area (Å²) in [6.45, 7) is 8.51. The molecule has 2 atom stereocenters. The van der Waals surface area contributed by atoms with Gasteiger partial charge in [-0.25, -0.2) is 4.68 Å². The molecule has 0 bridgehead atoms. The summed E-state index contributed by atoms with van der Waals surface area (Å²) in [4.78, 5) is 21.2. The Labute approximate surface area is 284 Å². The number of piperidine rings is 1. The van der Waals surface area contributed by atoms with Gasteiger partial charge in [0.25, 0.3) is 0 Å². The predicted octanol–water partition coefficient (Wildman–Crippen LogP) is 3.46. The zero-order valence-corrected chi connectivity index (χ0v) is 29.0. The molecule has 3 heterocycles. The zero-order valence-electron chi connectivity index (χ0n) is 28.3. The Morgan fingerprint density at radius 2 is 1.70 bits per heavy atom. The topological polar surface area (TPSA) is 164 Å². The minimum atomic E-state index is -1.50. The number of aliphatic hydroxyl groups is 3. The third-order valence-electron chi connectivity index (χ3n) is 7.62. The van der Waals surface area contributed by atoms with Gasteiger partial charge in [-0.1, -0.05) is 5.92 Å². The van der Waals surface area contributed by atoms with Crippen LogP contribution in [0.4, 0.5) is 5.82 Å². The van der Waals surface area contributed by atoms with Crippen LogP contribution < -0.4 is 5.32 Å². The molecular formula is C33H55ClN6O7. The SMILES string of the molecule is C#CCOCCOCCCCCOCCC=O.CC(C)(O)O.CN1CCC(Nc2nc(Cl)nc3c2cnn3C2CCC(CO)C2)CC1. The van der Waals surface area contributed by atoms with Crippen LogP contribution in [0.25, 0.3) is 11.0 Å². The smallest absolute Gasteiger partial charge is 0.226 e. The Hall–Kier alpha value is -2.41. The number of nitrogens with zero attached hydrogens (tertiary/aromatic N) is 5. The number of aliphatic hydroxyl groups excluding tert-OH is 1. The molecular weight excluding hydrogens is 628 g/mol. The molecule has 0 radical (unpaired) electrons. The van der Waals surface area contributed by atoms with E-state index in [0.29, 0.717) is 44.8 Å². The molecule has 266 valence electrons. The van der Waals surface area contributed by atoms with Crippen LogP contribution in [0.1, 0.15) is 77.7 Å². The number of carbonyl (C=O) groups is 1. The lowest BCUT2D eigenvalue weighted by Crippen LogP contribution is -2.36. The number of rotatable bonds is 17. The van der Waals surface area contributed by atoms with Gasteiger partial charge in [0.05, 0.1) is 37.4 Å². The number of hydrogen-bond acceptors (Lipinski definition) is 12. The van der Waals surface area contributed by atoms with E-state index in [1.54, 1.807) is 0 Å². The van der Waals surface area contributed by atoms with Crippen molar-refractivity contribution in [1.82, 2.24) is 24.6 Å². The van der Waals surface area contributed by atoms with E-state index in [9.17, 15) is 9.90 Å². The molecule has 2 aliphatic rings. The lowest BCUT2D eigenvalue weighted by molar-refractivity contribution is -0.127. The van der Waals surface area contributed by atoms with Gasteiger partial charge < -0.3 is 44.5 Å². The second kappa shape index (κ2) is 23.0. The van der Waals surface area contributed by atoms with Gasteiger partial charge in [-0.15, -0.1) is 6.42 Å². The molecule has 1 aliphatic carbocycles. The highest BCUT2D eigenvalue weighted by molar-refractivity contribution is 6.28. The molecule has 1 saturated carbocycles. The standard InChI is InChI=1S/C17H25ClN6O.C13H22O4.C3H8O2/c1-23-6-4-12(5-7-23)20-15-14-9-19-24(16(14)22-17(18)21-15)13-3-2-11(8-13)10-25;1-2-8-15-12-13-17-10-5-3-4-9-16-11-6-7-14;1-3(2,4)5/h9,11-13,25H,2-8,10H2,1H3,(H,20,21,22);1,7H,3-6,8-13H2;4-5H,1-2H3. The van der Waals surface area contributed by atoms with Crippen LogP contribution in [-0.4, -0.2) is 124 Å². The first-order valence-corrected chi connectivity index (χ1v) is 16.9. The van der Waals surface area contributed by atoms with Gasteiger partial charge in [0.1, 0.15) is 18.7 Å². The molecule has 1 saturated heterocycles. The molecule has 0 amide bonds. The summed E-state index contributed by atoms with van der Waals surface area (Å²) in [7, 11) is 2.15. The van der Waals surface area contributed by atoms with Crippen molar-refractivity contribution in [3.05, 3.63) is 11.5 Å². The molecule has 0 spiro atoms. The Bertz CT molecular complexity index is 1170. The summed E-state index contributed by atoms with van der Waals surface area (Å²) in [5.41, 5.74) is 0.791. The maximum Gasteiger partial charge on any atom is 0.226 e. The maximum atomic E-state index is 9.99. The number of fused-ring (bicyclic) bond motifs is 1. The highest BCUT2D eigenvalue weighted by Crippen LogP contribution is 2.36. The molecule has 2 aromatic heterocycles. The largest absolute Gasteiger partial charge is 0.396 e. The number of terminal acetylenes is 1. The van der Waals surface area contributed by atoms with Crippen LogP contribution in [0, 0.1) is 18.3 Å². The van der Waals surface area contributed by atoms with E-state index in [1.165, 1.54) is 13.8 Å². The summed E-state index contributed by atoms with van der Waals surface area (Å²) < 4.78 is 17.6. The maximum absolute atomic E-state index is 9.99. The molecule has 4 rings (SSSR count). The minimum Gasteiger partial charge on any atom is -0.396 e. The minimum absolute atomic E-state index is 0.244. The van der Waals surface area contributed by atoms with Crippen LogP contribution in [-0.2, 0) is 19.0 Å². The summed E-state index contributed by atoms with van der Waals surface area (Å²) in [6, 6.07) is 0.677. The highest BCUT2D eigenvalue weighted by atomic mass is 35.5. The molecule has 2 aromatic rings. The molecule has 1 aliphatic heterocycles. The van der Waals surface area contributed by atoms with E-state index in [0.717, 1.165) is 101 Å². The van der Waals surface area contributed by atoms with E-state index in [2.05, 4.69) is 38.3 Å². The number of nitrogens with one attached hydrogen (secondary N) is 1. The number of aromatic nitrogens is 4. The van der Waals surface area contributed by atoms with E-state index < -0.39 is 5.79 Å². The first-order valence-electron chi connectivity index (χ1n) is 16.6. The fourth-order valence-electron chi connectivity index (χ4n) is 5.23. The third kappa shape index (κ3) is 17.5. The van der Waals surface area contributed by atoms with Crippen LogP contribution >= 0.6 is 11.6 Å². The van der Waals surface area contributed by atoms with Crippen molar-refractivity contribution in [2.24, 2.45) is 5.92 Å². The number of carbonyl (C=O) groups excluding carboxylic acids is 1. The molecule has 2 fully saturated rings. The fraction of sp³-hybridized carbons (Fsp3) is 0.758. The average Bonchev–Trinajstić information content (AvgIpc) is 3.67. The number of aldehydes is 1. The normalized spacial score (nSPS) is 18.6. The first kappa shape index (κ1) is 40.8. The van der Waals surface area contributed by atoms with E-state index in [4.69, 9.17) is 42.4 Å². The van der Waals surface area contributed by atoms with Crippen molar-refractivity contribution in [3.8, 4) is 12.3 Å². The van der Waals surface area contributed by atoms with Gasteiger partial charge in [-0.3, -0.25) is 0 Å². The van der Waals surface area contributed by atoms with Gasteiger partial charge in [0, 0.05) is 32.3 Å². The summed E-state index contributed by atoms with van der Waals surface area (Å²) in [5, 5.41) is 34.9. The lowest BCUT2D eigenvalue weighted by atomic mass is 10.1. The van der Waals surface area contributed by atoms with Crippen LogP contribution in [0.2, 0.25) is 5.28 Å². The zero-order chi connectivity index (χ0) is 34.5. The van der Waals surface area contributed by atoms with Crippen LogP contribution in [0.3, 0.4) is 0 Å². The molecule has 0 aromatic carbocycles. The van der Waals surface area contributed by atoms with Crippen LogP contribution in [0.15, 0.2) is 6.20 Å². The highest BCUT2D eigenvalue weighted by Gasteiger charge is 2.28. The van der Waals surface area contributed by atoms with Gasteiger partial charge >= 0.3 is 0 Å². The molecule has 13 nitrogen and oxygen atoms in total. The number of anilines is 1. The van der Waals surface area contributed by atoms with E-state index in [-0.39, 0.29) is 17.9 Å². The van der Waals surface area contributed by atoms with Gasteiger partial charge in [0.15, 0.2) is 11.4 Å². The fourth-order valence-corrected chi connectivity index (χ4v) is 5.39. The summed E-state index contributed by atoms with van der Waals surface area (Å²) >= 11 is 6.20. The Kier molecular flexibility index (Phi) is 20.0. The van der Waals surface area contributed by atoms with E-state index >= 15 is 0 Å². The van der Waals surface area contributed by atoms with Gasteiger partial charge in [-0.05, 0) is 103 Å². The quantitative estimate of drug-likeness (QED) is 0.0633. The monoisotopic (exact) mass is 682 g/mol. The Morgan fingerprint density at radius 1 is 1.04 bits per heavy atom. The summed E-state index contributed by atoms with van der Waals surface area (Å²) in [6.07, 6.45) is 16.5. The van der Waals surface area contributed by atoms with Crippen molar-refractivity contribution in [1.29, 1.82) is 0 Å². The Morgan fingerprint density at radius 3 is 2.32 bits per heavy atom.